The fraction of sp³-hybridized carbons (Fsp3) is 0.273. The second-order valence-corrected chi connectivity index (χ2v) is 3.16. The van der Waals surface area contributed by atoms with E-state index >= 15 is 0 Å². The molecule has 5 nitrogen and oxygen atoms in total. The van der Waals surface area contributed by atoms with Gasteiger partial charge in [0, 0.05) is 25.2 Å². The van der Waals surface area contributed by atoms with E-state index in [4.69, 9.17) is 4.74 Å². The molecule has 0 amide bonds. The summed E-state index contributed by atoms with van der Waals surface area (Å²) in [5.41, 5.74) is 0.904. The Kier molecular flexibility index (Phi) is 4.32. The van der Waals surface area contributed by atoms with Gasteiger partial charge in [-0.3, -0.25) is 9.59 Å². The zero-order chi connectivity index (χ0) is 12.0. The molecule has 0 saturated heterocycles. The monoisotopic (exact) mass is 223 g/mol. The molecule has 1 rings (SSSR count). The van der Waals surface area contributed by atoms with Crippen LogP contribution in [0.4, 0.5) is 5.69 Å². The van der Waals surface area contributed by atoms with Crippen LogP contribution in [0.5, 0.6) is 5.75 Å². The molecule has 0 radical (unpaired) electrons. The van der Waals surface area contributed by atoms with Crippen molar-refractivity contribution in [2.24, 2.45) is 0 Å². The van der Waals surface area contributed by atoms with Crippen LogP contribution in [0.2, 0.25) is 0 Å². The molecule has 0 unspecified atom stereocenters. The van der Waals surface area contributed by atoms with Gasteiger partial charge in [0.15, 0.2) is 6.29 Å². The first-order chi connectivity index (χ1) is 7.63. The van der Waals surface area contributed by atoms with Crippen LogP contribution in [0, 0.1) is 0 Å². The molecule has 0 aliphatic carbocycles. The smallest absolute Gasteiger partial charge is 0.302 e. The molecule has 0 aliphatic rings. The first-order valence-corrected chi connectivity index (χ1v) is 4.79. The first-order valence-electron chi connectivity index (χ1n) is 4.79. The highest BCUT2D eigenvalue weighted by molar-refractivity contribution is 5.80. The summed E-state index contributed by atoms with van der Waals surface area (Å²) in [5, 5.41) is 12.3. The van der Waals surface area contributed by atoms with E-state index in [-0.39, 0.29) is 23.9 Å². The van der Waals surface area contributed by atoms with Crippen LogP contribution in [-0.2, 0) is 9.53 Å². The zero-order valence-corrected chi connectivity index (χ0v) is 8.90. The largest absolute Gasteiger partial charge is 0.507 e. The third-order valence-corrected chi connectivity index (χ3v) is 1.89. The summed E-state index contributed by atoms with van der Waals surface area (Å²) < 4.78 is 4.72. The molecule has 86 valence electrons. The highest BCUT2D eigenvalue weighted by Gasteiger charge is 2.01. The van der Waals surface area contributed by atoms with Gasteiger partial charge in [-0.15, -0.1) is 0 Å². The van der Waals surface area contributed by atoms with E-state index in [2.05, 4.69) is 5.32 Å². The number of rotatable bonds is 5. The Morgan fingerprint density at radius 3 is 2.88 bits per heavy atom. The lowest BCUT2D eigenvalue weighted by molar-refractivity contribution is -0.140. The van der Waals surface area contributed by atoms with Gasteiger partial charge in [0.25, 0.3) is 0 Å². The van der Waals surface area contributed by atoms with Crippen molar-refractivity contribution in [1.29, 1.82) is 0 Å². The minimum Gasteiger partial charge on any atom is -0.507 e. The number of esters is 1. The average molecular weight is 223 g/mol. The molecule has 1 aromatic rings. The molecule has 0 saturated carbocycles. The highest BCUT2D eigenvalue weighted by atomic mass is 16.5. The topological polar surface area (TPSA) is 75.6 Å². The number of anilines is 1. The van der Waals surface area contributed by atoms with Gasteiger partial charge in [-0.2, -0.15) is 0 Å². The number of benzene rings is 1. The predicted octanol–water partition coefficient (Wildman–Crippen LogP) is 1.18. The van der Waals surface area contributed by atoms with Crippen molar-refractivity contribution in [1.82, 2.24) is 0 Å². The number of aldehydes is 1. The number of carbonyl (C=O) groups excluding carboxylic acids is 2. The number of phenolic OH excluding ortho intramolecular Hbond substituents is 1. The van der Waals surface area contributed by atoms with Crippen molar-refractivity contribution in [3.05, 3.63) is 23.8 Å². The van der Waals surface area contributed by atoms with Gasteiger partial charge in [-0.25, -0.2) is 0 Å². The second-order valence-electron chi connectivity index (χ2n) is 3.16. The SMILES string of the molecule is CC(=O)OCCNc1ccc(C=O)c(O)c1. The fourth-order valence-corrected chi connectivity index (χ4v) is 1.14. The van der Waals surface area contributed by atoms with Crippen molar-refractivity contribution < 1.29 is 19.4 Å². The molecule has 0 spiro atoms. The molecule has 0 aromatic heterocycles. The van der Waals surface area contributed by atoms with Crippen molar-refractivity contribution in [2.45, 2.75) is 6.92 Å². The lowest BCUT2D eigenvalue weighted by Crippen LogP contribution is -2.11. The van der Waals surface area contributed by atoms with Gasteiger partial charge >= 0.3 is 5.97 Å². The van der Waals surface area contributed by atoms with E-state index in [1.54, 1.807) is 6.07 Å². The summed E-state index contributed by atoms with van der Waals surface area (Å²) in [4.78, 5) is 20.9. The summed E-state index contributed by atoms with van der Waals surface area (Å²) in [6.45, 7) is 2.04. The van der Waals surface area contributed by atoms with Crippen LogP contribution in [-0.4, -0.2) is 30.5 Å². The van der Waals surface area contributed by atoms with E-state index in [9.17, 15) is 14.7 Å². The van der Waals surface area contributed by atoms with E-state index in [0.717, 1.165) is 0 Å². The summed E-state index contributed by atoms with van der Waals surface area (Å²) in [6.07, 6.45) is 0.581. The lowest BCUT2D eigenvalue weighted by atomic mass is 10.2. The molecule has 2 N–H and O–H groups in total. The van der Waals surface area contributed by atoms with Crippen molar-refractivity contribution in [2.75, 3.05) is 18.5 Å². The summed E-state index contributed by atoms with van der Waals surface area (Å²) in [6, 6.07) is 4.62. The Hall–Kier alpha value is -2.04. The number of nitrogens with one attached hydrogen (secondary N) is 1. The number of hydrogen-bond acceptors (Lipinski definition) is 5. The first kappa shape index (κ1) is 12.0. The number of hydrogen-bond donors (Lipinski definition) is 2. The van der Waals surface area contributed by atoms with Gasteiger partial charge in [0.2, 0.25) is 0 Å². The highest BCUT2D eigenvalue weighted by Crippen LogP contribution is 2.19. The maximum absolute atomic E-state index is 10.5. The fourth-order valence-electron chi connectivity index (χ4n) is 1.14. The van der Waals surface area contributed by atoms with Gasteiger partial charge in [0.05, 0.1) is 5.56 Å². The normalized spacial score (nSPS) is 9.56. The Labute approximate surface area is 93.0 Å². The number of aromatic hydroxyl groups is 1. The molecule has 0 aliphatic heterocycles. The molecule has 1 aromatic carbocycles. The lowest BCUT2D eigenvalue weighted by Gasteiger charge is -2.07. The summed E-state index contributed by atoms with van der Waals surface area (Å²) in [7, 11) is 0. The van der Waals surface area contributed by atoms with Crippen LogP contribution in [0.15, 0.2) is 18.2 Å². The van der Waals surface area contributed by atoms with E-state index in [0.29, 0.717) is 18.5 Å². The molecule has 0 bridgehead atoms. The second kappa shape index (κ2) is 5.75. The molecule has 0 heterocycles. The minimum absolute atomic E-state index is 0.0764. The Balaban J connectivity index is 2.46. The predicted molar refractivity (Wildman–Crippen MR) is 58.6 cm³/mol. The van der Waals surface area contributed by atoms with E-state index in [1.807, 2.05) is 0 Å². The van der Waals surface area contributed by atoms with Crippen LogP contribution in [0.25, 0.3) is 0 Å². The number of phenols is 1. The Morgan fingerprint density at radius 1 is 1.56 bits per heavy atom. The van der Waals surface area contributed by atoms with Crippen LogP contribution >= 0.6 is 0 Å². The van der Waals surface area contributed by atoms with Crippen molar-refractivity contribution in [3.8, 4) is 5.75 Å². The summed E-state index contributed by atoms with van der Waals surface area (Å²) in [5.74, 6) is -0.409. The van der Waals surface area contributed by atoms with Gasteiger partial charge in [-0.1, -0.05) is 0 Å². The third kappa shape index (κ3) is 3.61. The standard InChI is InChI=1S/C11H13NO4/c1-8(14)16-5-4-12-10-3-2-9(7-13)11(15)6-10/h2-3,6-7,12,15H,4-5H2,1H3. The molecule has 0 atom stereocenters. The molecular weight excluding hydrogens is 210 g/mol. The van der Waals surface area contributed by atoms with E-state index in [1.165, 1.54) is 19.1 Å². The average Bonchev–Trinajstić information content (AvgIpc) is 2.24. The number of carbonyl (C=O) groups is 2. The molecule has 16 heavy (non-hydrogen) atoms. The van der Waals surface area contributed by atoms with E-state index < -0.39 is 0 Å². The van der Waals surface area contributed by atoms with Crippen LogP contribution in [0.1, 0.15) is 17.3 Å². The Bertz CT molecular complexity index is 390. The maximum atomic E-state index is 10.5. The van der Waals surface area contributed by atoms with Gasteiger partial charge < -0.3 is 15.2 Å². The van der Waals surface area contributed by atoms with Crippen LogP contribution < -0.4 is 5.32 Å². The third-order valence-electron chi connectivity index (χ3n) is 1.89. The quantitative estimate of drug-likeness (QED) is 0.445. The maximum Gasteiger partial charge on any atom is 0.302 e. The van der Waals surface area contributed by atoms with Gasteiger partial charge in [-0.05, 0) is 12.1 Å². The number of ether oxygens (including phenoxy) is 1. The van der Waals surface area contributed by atoms with Gasteiger partial charge in [0.1, 0.15) is 12.4 Å². The van der Waals surface area contributed by atoms with Crippen LogP contribution in [0.3, 0.4) is 0 Å². The summed E-state index contributed by atoms with van der Waals surface area (Å²) >= 11 is 0. The minimum atomic E-state index is -0.332. The molecular formula is C11H13NO4. The van der Waals surface area contributed by atoms with Crippen molar-refractivity contribution in [3.63, 3.8) is 0 Å². The molecule has 0 fully saturated rings. The molecule has 5 heteroatoms. The van der Waals surface area contributed by atoms with Crippen molar-refractivity contribution >= 4 is 17.9 Å². The Morgan fingerprint density at radius 2 is 2.31 bits per heavy atom. The zero-order valence-electron chi connectivity index (χ0n) is 8.90.